The van der Waals surface area contributed by atoms with Crippen molar-refractivity contribution in [3.63, 3.8) is 0 Å². The zero-order chi connectivity index (χ0) is 39.8. The molecule has 17 nitrogen and oxygen atoms in total. The third kappa shape index (κ3) is 14.8. The Bertz CT molecular complexity index is 1470. The molecule has 0 aromatic heterocycles. The molecule has 1 aromatic rings. The fourth-order valence-electron chi connectivity index (χ4n) is 5.50. The Hall–Kier alpha value is -5.06. The summed E-state index contributed by atoms with van der Waals surface area (Å²) in [7, 11) is 0. The highest BCUT2D eigenvalue weighted by atomic mass is 16.3. The quantitative estimate of drug-likeness (QED) is 0.133. The van der Waals surface area contributed by atoms with Crippen LogP contribution < -0.4 is 37.6 Å². The van der Waals surface area contributed by atoms with Gasteiger partial charge >= 0.3 is 0 Å². The molecule has 0 aliphatic carbocycles. The molecule has 0 unspecified atom stereocenters. The van der Waals surface area contributed by atoms with Gasteiger partial charge in [-0.15, -0.1) is 0 Å². The highest BCUT2D eigenvalue weighted by Gasteiger charge is 2.34. The van der Waals surface area contributed by atoms with Crippen molar-refractivity contribution in [3.8, 4) is 5.75 Å². The Morgan fingerprint density at radius 1 is 0.830 bits per heavy atom. The van der Waals surface area contributed by atoms with Gasteiger partial charge < -0.3 is 47.8 Å². The number of aliphatic imine (C=N–C) groups is 1. The van der Waals surface area contributed by atoms with Crippen LogP contribution in [0.2, 0.25) is 0 Å². The molecule has 294 valence electrons. The van der Waals surface area contributed by atoms with Gasteiger partial charge in [-0.3, -0.25) is 38.6 Å². The summed E-state index contributed by atoms with van der Waals surface area (Å²) >= 11 is 0. The molecule has 1 aliphatic heterocycles. The minimum absolute atomic E-state index is 0.0210. The van der Waals surface area contributed by atoms with E-state index in [-0.39, 0.29) is 30.9 Å². The number of nitrogens with zero attached hydrogens (tertiary/aromatic N) is 1. The van der Waals surface area contributed by atoms with Crippen molar-refractivity contribution in [2.45, 2.75) is 110 Å². The Labute approximate surface area is 310 Å². The molecule has 1 aliphatic rings. The lowest BCUT2D eigenvalue weighted by Gasteiger charge is -2.29. The fourth-order valence-corrected chi connectivity index (χ4v) is 5.50. The molecule has 0 saturated carbocycles. The lowest BCUT2D eigenvalue weighted by Crippen LogP contribution is -2.61. The zero-order valence-corrected chi connectivity index (χ0v) is 31.3. The predicted molar refractivity (Wildman–Crippen MR) is 196 cm³/mol. The van der Waals surface area contributed by atoms with E-state index in [1.165, 1.54) is 18.3 Å². The van der Waals surface area contributed by atoms with Crippen LogP contribution in [-0.2, 0) is 40.0 Å². The van der Waals surface area contributed by atoms with Gasteiger partial charge in [-0.05, 0) is 48.3 Å². The van der Waals surface area contributed by atoms with Gasteiger partial charge in [0.15, 0.2) is 0 Å². The molecule has 53 heavy (non-hydrogen) atoms. The summed E-state index contributed by atoms with van der Waals surface area (Å²) in [6.07, 6.45) is 1.79. The zero-order valence-electron chi connectivity index (χ0n) is 31.3. The van der Waals surface area contributed by atoms with Crippen molar-refractivity contribution in [1.82, 2.24) is 31.9 Å². The van der Waals surface area contributed by atoms with Crippen molar-refractivity contribution in [3.05, 3.63) is 29.8 Å². The minimum Gasteiger partial charge on any atom is -0.508 e. The van der Waals surface area contributed by atoms with Crippen molar-refractivity contribution in [1.29, 1.82) is 0 Å². The number of phenols is 1. The van der Waals surface area contributed by atoms with Crippen molar-refractivity contribution < 1.29 is 43.8 Å². The molecule has 1 aromatic carbocycles. The average Bonchev–Trinajstić information content (AvgIpc) is 3.09. The molecule has 17 heteroatoms. The average molecular weight is 745 g/mol. The molecule has 2 rings (SSSR count). The molecule has 7 amide bonds. The van der Waals surface area contributed by atoms with Crippen molar-refractivity contribution >= 4 is 47.6 Å². The summed E-state index contributed by atoms with van der Waals surface area (Å²) in [4.78, 5) is 96.9. The molecule has 0 radical (unpaired) electrons. The molecule has 0 bridgehead atoms. The highest BCUT2D eigenvalue weighted by molar-refractivity contribution is 5.97. The van der Waals surface area contributed by atoms with Crippen molar-refractivity contribution in [2.75, 3.05) is 13.2 Å². The van der Waals surface area contributed by atoms with E-state index in [1.54, 1.807) is 39.8 Å². The smallest absolute Gasteiger partial charge is 0.245 e. The van der Waals surface area contributed by atoms with Crippen LogP contribution in [0.25, 0.3) is 0 Å². The summed E-state index contributed by atoms with van der Waals surface area (Å²) in [5.41, 5.74) is 5.96. The normalized spacial score (nSPS) is 24.9. The number of primary amides is 1. The topological polar surface area (TPSA) is 271 Å². The van der Waals surface area contributed by atoms with E-state index in [0.717, 1.165) is 0 Å². The first-order chi connectivity index (χ1) is 24.9. The lowest BCUT2D eigenvalue weighted by molar-refractivity contribution is -0.136. The van der Waals surface area contributed by atoms with E-state index < -0.39 is 103 Å². The molecule has 0 spiro atoms. The number of nitrogens with two attached hydrogens (primary N) is 1. The van der Waals surface area contributed by atoms with Gasteiger partial charge in [0.25, 0.3) is 0 Å². The molecule has 7 atom stereocenters. The van der Waals surface area contributed by atoms with Crippen LogP contribution in [0, 0.1) is 17.8 Å². The maximum atomic E-state index is 13.7. The summed E-state index contributed by atoms with van der Waals surface area (Å²) in [6.45, 7) is 9.32. The predicted octanol–water partition coefficient (Wildman–Crippen LogP) is -1.07. The van der Waals surface area contributed by atoms with E-state index >= 15 is 0 Å². The first-order valence-corrected chi connectivity index (χ1v) is 17.9. The number of aromatic hydroxyl groups is 1. The summed E-state index contributed by atoms with van der Waals surface area (Å²) in [5.74, 6) is -6.07. The van der Waals surface area contributed by atoms with E-state index in [0.29, 0.717) is 18.4 Å². The third-order valence-electron chi connectivity index (χ3n) is 8.78. The molecule has 10 N–H and O–H groups in total. The van der Waals surface area contributed by atoms with E-state index in [2.05, 4.69) is 36.9 Å². The van der Waals surface area contributed by atoms with Crippen molar-refractivity contribution in [2.24, 2.45) is 28.5 Å². The van der Waals surface area contributed by atoms with Gasteiger partial charge in [0, 0.05) is 19.1 Å². The summed E-state index contributed by atoms with van der Waals surface area (Å²) < 4.78 is 0. The maximum absolute atomic E-state index is 13.7. The van der Waals surface area contributed by atoms with Crippen LogP contribution in [0.15, 0.2) is 29.3 Å². The molecule has 1 heterocycles. The number of carbonyl (C=O) groups excluding carboxylic acids is 7. The SMILES string of the molecule is CC[C@H](C)[C@@H]1NC(=O)[C@@H](CCC(N)=O)NC(=O)CNC(=O)[C@H](Cc2ccc(O)cc2)N=C[C@H](CC(C)C)NC(=O)[C@H](C(C)C)NC(=O)[C@H](CO)NC1=O. The number of amides is 7. The van der Waals surface area contributed by atoms with Crippen LogP contribution in [0.5, 0.6) is 5.75 Å². The van der Waals surface area contributed by atoms with Crippen LogP contribution in [0.3, 0.4) is 0 Å². The molecule has 0 fully saturated rings. The Balaban J connectivity index is 2.61. The summed E-state index contributed by atoms with van der Waals surface area (Å²) in [5, 5.41) is 35.4. The molecular weight excluding hydrogens is 688 g/mol. The van der Waals surface area contributed by atoms with Gasteiger partial charge in [0.2, 0.25) is 41.4 Å². The highest BCUT2D eigenvalue weighted by Crippen LogP contribution is 2.14. The van der Waals surface area contributed by atoms with Crippen LogP contribution in [0.1, 0.15) is 72.8 Å². The third-order valence-corrected chi connectivity index (χ3v) is 8.78. The Morgan fingerprint density at radius 2 is 1.43 bits per heavy atom. The minimum atomic E-state index is -1.50. The second kappa shape index (κ2) is 21.5. The second-order valence-electron chi connectivity index (χ2n) is 14.1. The molecular formula is C36H56N8O9. The van der Waals surface area contributed by atoms with E-state index in [9.17, 15) is 43.8 Å². The van der Waals surface area contributed by atoms with Crippen LogP contribution in [-0.4, -0.2) is 107 Å². The number of hydrogen-bond acceptors (Lipinski definition) is 10. The molecule has 0 saturated heterocycles. The van der Waals surface area contributed by atoms with Gasteiger partial charge in [-0.1, -0.05) is 60.1 Å². The number of hydrogen-bond donors (Lipinski definition) is 9. The largest absolute Gasteiger partial charge is 0.508 e. The van der Waals surface area contributed by atoms with E-state index in [4.69, 9.17) is 5.73 Å². The van der Waals surface area contributed by atoms with Gasteiger partial charge in [0.1, 0.15) is 36.0 Å². The van der Waals surface area contributed by atoms with Crippen LogP contribution >= 0.6 is 0 Å². The number of benzene rings is 1. The maximum Gasteiger partial charge on any atom is 0.245 e. The fraction of sp³-hybridized carbons (Fsp3) is 0.611. The van der Waals surface area contributed by atoms with E-state index in [1.807, 2.05) is 13.8 Å². The standard InChI is InChI=1S/C36H56N8O9/c1-7-21(6)31-36(53)42-27(18-45)34(51)43-30(20(4)5)35(52)40-23(14-19(2)3)16-38-26(15-22-8-10-24(46)11-9-22)32(49)39-17-29(48)41-25(33(50)44-31)12-13-28(37)47/h8-11,16,19-21,23,25-27,30-31,45-46H,7,12-15,17-18H2,1-6H3,(H2,37,47)(H,39,49)(H,40,52)(H,41,48)(H,42,53)(H,43,51)(H,44,50)/t21-,23-,25+,26-,27-,30-,31-/m0/s1. The first kappa shape index (κ1) is 44.1. The first-order valence-electron chi connectivity index (χ1n) is 17.9. The number of carbonyl (C=O) groups is 7. The van der Waals surface area contributed by atoms with Gasteiger partial charge in [-0.25, -0.2) is 0 Å². The van der Waals surface area contributed by atoms with Gasteiger partial charge in [-0.2, -0.15) is 0 Å². The number of aliphatic hydroxyl groups is 1. The Morgan fingerprint density at radius 3 is 2.00 bits per heavy atom. The summed E-state index contributed by atoms with van der Waals surface area (Å²) in [6, 6.07) is -0.841. The monoisotopic (exact) mass is 744 g/mol. The Kier molecular flexibility index (Phi) is 17.9. The number of nitrogens with one attached hydrogen (secondary N) is 6. The number of phenolic OH excluding ortho intramolecular Hbond substituents is 1. The van der Waals surface area contributed by atoms with Gasteiger partial charge in [0.05, 0.1) is 19.2 Å². The second-order valence-corrected chi connectivity index (χ2v) is 14.1. The number of aliphatic hydroxyl groups excluding tert-OH is 1. The van der Waals surface area contributed by atoms with Crippen LogP contribution in [0.4, 0.5) is 0 Å². The lowest BCUT2D eigenvalue weighted by atomic mass is 9.97. The number of rotatable bonds is 11.